The van der Waals surface area contributed by atoms with Crippen LogP contribution < -0.4 is 4.74 Å². The number of ether oxygens (including phenoxy) is 2. The molecule has 0 aliphatic heterocycles. The minimum atomic E-state index is -4.42. The summed E-state index contributed by atoms with van der Waals surface area (Å²) in [5.41, 5.74) is 1.90. The number of benzene rings is 2. The molecule has 2 rings (SSSR count). The predicted molar refractivity (Wildman–Crippen MR) is 88.7 cm³/mol. The van der Waals surface area contributed by atoms with Crippen LogP contribution in [0, 0.1) is 0 Å². The number of carbonyl (C=O) groups is 2. The van der Waals surface area contributed by atoms with Gasteiger partial charge < -0.3 is 9.47 Å². The Labute approximate surface area is 152 Å². The molecule has 0 atom stereocenters. The Morgan fingerprint density at radius 3 is 2.00 bits per heavy atom. The van der Waals surface area contributed by atoms with E-state index in [0.29, 0.717) is 0 Å². The van der Waals surface area contributed by atoms with E-state index in [9.17, 15) is 27.2 Å². The second-order valence-electron chi connectivity index (χ2n) is 5.59. The van der Waals surface area contributed by atoms with Crippen LogP contribution in [0.4, 0.5) is 17.6 Å². The number of carbonyl (C=O) groups excluding carboxylic acids is 2. The first kappa shape index (κ1) is 20.4. The molecule has 0 heterocycles. The Morgan fingerprint density at radius 1 is 0.852 bits per heavy atom. The molecule has 0 amide bonds. The van der Waals surface area contributed by atoms with E-state index in [0.717, 1.165) is 11.1 Å². The number of esters is 2. The summed E-state index contributed by atoms with van der Waals surface area (Å²) in [6.45, 7) is -1.74. The lowest BCUT2D eigenvalue weighted by Crippen LogP contribution is -2.33. The molecule has 2 aromatic carbocycles. The van der Waals surface area contributed by atoms with Gasteiger partial charge in [0.15, 0.2) is 6.61 Å². The molecule has 0 saturated carbocycles. The third kappa shape index (κ3) is 6.40. The lowest BCUT2D eigenvalue weighted by Gasteiger charge is -2.14. The molecule has 0 bridgehead atoms. The van der Waals surface area contributed by atoms with Crippen LogP contribution in [0.5, 0.6) is 5.75 Å². The summed E-state index contributed by atoms with van der Waals surface area (Å²) >= 11 is 0. The highest BCUT2D eigenvalue weighted by molar-refractivity contribution is 5.79. The third-order valence-corrected chi connectivity index (χ3v) is 3.47. The van der Waals surface area contributed by atoms with Crippen molar-refractivity contribution in [2.75, 3.05) is 6.61 Å². The molecule has 4 nitrogen and oxygen atoms in total. The summed E-state index contributed by atoms with van der Waals surface area (Å²) in [5.74, 6) is -6.14. The standard InChI is InChI=1S/C19H16F4O4/c20-18(21)19(22,23)12-26-16(24)10-11-17(25)27-15-8-6-14(7-9-15)13-4-2-1-3-5-13/h1-9,18H,10-12H2. The average Bonchev–Trinajstić information content (AvgIpc) is 2.66. The number of hydrogen-bond donors (Lipinski definition) is 0. The third-order valence-electron chi connectivity index (χ3n) is 3.47. The highest BCUT2D eigenvalue weighted by Gasteiger charge is 2.42. The van der Waals surface area contributed by atoms with Crippen LogP contribution in [0.25, 0.3) is 11.1 Å². The number of hydrogen-bond acceptors (Lipinski definition) is 4. The molecule has 0 aliphatic rings. The number of alkyl halides is 4. The van der Waals surface area contributed by atoms with Gasteiger partial charge in [0.1, 0.15) is 5.75 Å². The quantitative estimate of drug-likeness (QED) is 0.383. The van der Waals surface area contributed by atoms with Gasteiger partial charge in [-0.15, -0.1) is 0 Å². The highest BCUT2D eigenvalue weighted by Crippen LogP contribution is 2.24. The first-order valence-corrected chi connectivity index (χ1v) is 7.96. The fraction of sp³-hybridized carbons (Fsp3) is 0.263. The van der Waals surface area contributed by atoms with E-state index in [1.54, 1.807) is 24.3 Å². The summed E-state index contributed by atoms with van der Waals surface area (Å²) in [6.07, 6.45) is -4.92. The van der Waals surface area contributed by atoms with Gasteiger partial charge in [-0.2, -0.15) is 8.78 Å². The maximum atomic E-state index is 12.6. The molecule has 0 aromatic heterocycles. The average molecular weight is 384 g/mol. The number of halogens is 4. The molecule has 27 heavy (non-hydrogen) atoms. The summed E-state index contributed by atoms with van der Waals surface area (Å²) in [4.78, 5) is 22.9. The van der Waals surface area contributed by atoms with Gasteiger partial charge >= 0.3 is 24.3 Å². The molecule has 8 heteroatoms. The van der Waals surface area contributed by atoms with Gasteiger partial charge in [0.05, 0.1) is 12.8 Å². The Morgan fingerprint density at radius 2 is 1.41 bits per heavy atom. The van der Waals surface area contributed by atoms with Crippen LogP contribution in [-0.2, 0) is 14.3 Å². The highest BCUT2D eigenvalue weighted by atomic mass is 19.3. The minimum Gasteiger partial charge on any atom is -0.459 e. The molecule has 0 fully saturated rings. The fourth-order valence-electron chi connectivity index (χ4n) is 2.04. The van der Waals surface area contributed by atoms with E-state index in [4.69, 9.17) is 4.74 Å². The van der Waals surface area contributed by atoms with Crippen LogP contribution in [0.2, 0.25) is 0 Å². The molecule has 144 valence electrons. The van der Waals surface area contributed by atoms with Crippen LogP contribution >= 0.6 is 0 Å². The second kappa shape index (κ2) is 9.16. The van der Waals surface area contributed by atoms with Crippen LogP contribution in [0.15, 0.2) is 54.6 Å². The molecule has 0 spiro atoms. The Kier molecular flexibility index (Phi) is 6.92. The maximum Gasteiger partial charge on any atom is 0.340 e. The lowest BCUT2D eigenvalue weighted by atomic mass is 10.1. The van der Waals surface area contributed by atoms with Gasteiger partial charge in [-0.3, -0.25) is 9.59 Å². The lowest BCUT2D eigenvalue weighted by molar-refractivity contribution is -0.180. The van der Waals surface area contributed by atoms with Gasteiger partial charge in [-0.05, 0) is 23.3 Å². The monoisotopic (exact) mass is 384 g/mol. The van der Waals surface area contributed by atoms with Crippen molar-refractivity contribution in [3.8, 4) is 16.9 Å². The minimum absolute atomic E-state index is 0.247. The van der Waals surface area contributed by atoms with Crippen LogP contribution in [0.1, 0.15) is 12.8 Å². The van der Waals surface area contributed by atoms with E-state index < -0.39 is 43.7 Å². The van der Waals surface area contributed by atoms with E-state index >= 15 is 0 Å². The molecule has 0 unspecified atom stereocenters. The van der Waals surface area contributed by atoms with Gasteiger partial charge in [0, 0.05) is 0 Å². The van der Waals surface area contributed by atoms with Crippen molar-refractivity contribution in [3.63, 3.8) is 0 Å². The van der Waals surface area contributed by atoms with Gasteiger partial charge in [-0.25, -0.2) is 8.78 Å². The predicted octanol–water partition coefficient (Wildman–Crippen LogP) is 4.48. The Bertz CT molecular complexity index is 761. The largest absolute Gasteiger partial charge is 0.459 e. The van der Waals surface area contributed by atoms with Crippen molar-refractivity contribution >= 4 is 11.9 Å². The van der Waals surface area contributed by atoms with Crippen molar-refractivity contribution in [3.05, 3.63) is 54.6 Å². The first-order chi connectivity index (χ1) is 12.8. The zero-order valence-electron chi connectivity index (χ0n) is 14.0. The molecule has 0 N–H and O–H groups in total. The van der Waals surface area contributed by atoms with E-state index in [2.05, 4.69) is 4.74 Å². The molecule has 2 aromatic rings. The van der Waals surface area contributed by atoms with Crippen molar-refractivity contribution < 1.29 is 36.6 Å². The van der Waals surface area contributed by atoms with Gasteiger partial charge in [0.2, 0.25) is 0 Å². The van der Waals surface area contributed by atoms with E-state index in [1.807, 2.05) is 30.3 Å². The number of rotatable bonds is 8. The van der Waals surface area contributed by atoms with E-state index in [1.165, 1.54) is 0 Å². The maximum absolute atomic E-state index is 12.6. The molecular weight excluding hydrogens is 368 g/mol. The summed E-state index contributed by atoms with van der Waals surface area (Å²) in [7, 11) is 0. The summed E-state index contributed by atoms with van der Waals surface area (Å²) in [6, 6.07) is 16.1. The van der Waals surface area contributed by atoms with Crippen molar-refractivity contribution in [2.45, 2.75) is 25.2 Å². The van der Waals surface area contributed by atoms with Gasteiger partial charge in [0.25, 0.3) is 0 Å². The molecule has 0 saturated heterocycles. The van der Waals surface area contributed by atoms with Crippen LogP contribution in [-0.4, -0.2) is 30.9 Å². The first-order valence-electron chi connectivity index (χ1n) is 7.96. The van der Waals surface area contributed by atoms with E-state index in [-0.39, 0.29) is 5.75 Å². The molecule has 0 aliphatic carbocycles. The summed E-state index contributed by atoms with van der Waals surface area (Å²) < 4.78 is 58.2. The molecular formula is C19H16F4O4. The summed E-state index contributed by atoms with van der Waals surface area (Å²) in [5, 5.41) is 0. The molecule has 0 radical (unpaired) electrons. The van der Waals surface area contributed by atoms with Crippen molar-refractivity contribution in [1.29, 1.82) is 0 Å². The van der Waals surface area contributed by atoms with Gasteiger partial charge in [-0.1, -0.05) is 42.5 Å². The normalized spacial score (nSPS) is 11.3. The zero-order chi connectivity index (χ0) is 19.9. The topological polar surface area (TPSA) is 52.6 Å². The second-order valence-corrected chi connectivity index (χ2v) is 5.59. The smallest absolute Gasteiger partial charge is 0.340 e. The zero-order valence-corrected chi connectivity index (χ0v) is 14.0. The van der Waals surface area contributed by atoms with Crippen molar-refractivity contribution in [2.24, 2.45) is 0 Å². The Balaban J connectivity index is 1.78. The SMILES string of the molecule is O=C(CCC(=O)Oc1ccc(-c2ccccc2)cc1)OCC(F)(F)C(F)F. The Hall–Kier alpha value is -2.90. The van der Waals surface area contributed by atoms with Crippen molar-refractivity contribution in [1.82, 2.24) is 0 Å². The fourth-order valence-corrected chi connectivity index (χ4v) is 2.04. The van der Waals surface area contributed by atoms with Crippen LogP contribution in [0.3, 0.4) is 0 Å².